The summed E-state index contributed by atoms with van der Waals surface area (Å²) in [5.41, 5.74) is 0. The van der Waals surface area contributed by atoms with Crippen molar-refractivity contribution < 1.29 is 19.1 Å². The molecule has 3 aliphatic rings. The number of piperazine rings is 1. The van der Waals surface area contributed by atoms with E-state index >= 15 is 0 Å². The van der Waals surface area contributed by atoms with Gasteiger partial charge in [-0.2, -0.15) is 0 Å². The minimum absolute atomic E-state index is 0.0343. The van der Waals surface area contributed by atoms with Gasteiger partial charge in [0.1, 0.15) is 6.61 Å². The maximum atomic E-state index is 12.8. The van der Waals surface area contributed by atoms with Crippen molar-refractivity contribution >= 4 is 11.8 Å². The first-order valence-electron chi connectivity index (χ1n) is 10.4. The number of benzene rings is 1. The van der Waals surface area contributed by atoms with Crippen LogP contribution in [0.2, 0.25) is 0 Å². The predicted octanol–water partition coefficient (Wildman–Crippen LogP) is 1.37. The first-order chi connectivity index (χ1) is 13.7. The van der Waals surface area contributed by atoms with E-state index in [1.807, 2.05) is 34.1 Å². The molecule has 4 rings (SSSR count). The lowest BCUT2D eigenvalue weighted by atomic mass is 10.2. The minimum Gasteiger partial charge on any atom is -0.485 e. The zero-order chi connectivity index (χ0) is 19.3. The second kappa shape index (κ2) is 8.82. The molecule has 0 bridgehead atoms. The average Bonchev–Trinajstić information content (AvgIpc) is 3.03. The summed E-state index contributed by atoms with van der Waals surface area (Å²) in [6.45, 7) is 5.14. The van der Waals surface area contributed by atoms with Crippen molar-refractivity contribution in [2.24, 2.45) is 0 Å². The molecule has 1 aromatic carbocycles. The monoisotopic (exact) mass is 387 g/mol. The van der Waals surface area contributed by atoms with E-state index in [-0.39, 0.29) is 18.4 Å². The van der Waals surface area contributed by atoms with Crippen molar-refractivity contribution in [3.8, 4) is 11.5 Å². The molecule has 0 N–H and O–H groups in total. The van der Waals surface area contributed by atoms with Crippen molar-refractivity contribution in [1.82, 2.24) is 14.7 Å². The Morgan fingerprint density at radius 1 is 0.857 bits per heavy atom. The fourth-order valence-electron chi connectivity index (χ4n) is 4.08. The molecule has 1 unspecified atom stereocenters. The Hall–Kier alpha value is -2.28. The highest BCUT2D eigenvalue weighted by Gasteiger charge is 2.33. The lowest BCUT2D eigenvalue weighted by Gasteiger charge is -2.37. The molecule has 7 heteroatoms. The fraction of sp³-hybridized carbons (Fsp3) is 0.619. The normalized spacial score (nSPS) is 23.2. The van der Waals surface area contributed by atoms with Crippen LogP contribution in [0.4, 0.5) is 0 Å². The number of hydrogen-bond acceptors (Lipinski definition) is 5. The summed E-state index contributed by atoms with van der Waals surface area (Å²) < 4.78 is 11.5. The van der Waals surface area contributed by atoms with E-state index in [9.17, 15) is 9.59 Å². The van der Waals surface area contributed by atoms with Gasteiger partial charge in [-0.25, -0.2) is 0 Å². The summed E-state index contributed by atoms with van der Waals surface area (Å²) in [6, 6.07) is 7.42. The lowest BCUT2D eigenvalue weighted by molar-refractivity contribution is -0.143. The second-order valence-electron chi connectivity index (χ2n) is 7.76. The van der Waals surface area contributed by atoms with Crippen LogP contribution in [0.5, 0.6) is 11.5 Å². The van der Waals surface area contributed by atoms with Gasteiger partial charge in [-0.1, -0.05) is 25.0 Å². The standard InChI is InChI=1S/C21H29N3O4/c25-20(23-9-5-1-2-6-10-23)15-22-11-13-24(14-12-22)21(26)19-16-27-17-7-3-4-8-18(17)28-19/h3-4,7-8,19H,1-2,5-6,9-16H2. The first kappa shape index (κ1) is 19.1. The van der Waals surface area contributed by atoms with E-state index < -0.39 is 6.10 Å². The van der Waals surface area contributed by atoms with Crippen LogP contribution in [-0.4, -0.2) is 85.0 Å². The molecule has 0 aliphatic carbocycles. The molecule has 0 spiro atoms. The Kier molecular flexibility index (Phi) is 6.00. The third-order valence-electron chi connectivity index (χ3n) is 5.79. The molecule has 2 fully saturated rings. The largest absolute Gasteiger partial charge is 0.485 e. The zero-order valence-electron chi connectivity index (χ0n) is 16.3. The third kappa shape index (κ3) is 4.41. The molecule has 0 saturated carbocycles. The number of carbonyl (C=O) groups is 2. The van der Waals surface area contributed by atoms with E-state index in [1.165, 1.54) is 12.8 Å². The topological polar surface area (TPSA) is 62.3 Å². The van der Waals surface area contributed by atoms with Crippen LogP contribution in [0.25, 0.3) is 0 Å². The van der Waals surface area contributed by atoms with Crippen LogP contribution < -0.4 is 9.47 Å². The van der Waals surface area contributed by atoms with Gasteiger partial charge in [-0.3, -0.25) is 14.5 Å². The van der Waals surface area contributed by atoms with Gasteiger partial charge in [0.05, 0.1) is 6.54 Å². The Balaban J connectivity index is 1.25. The van der Waals surface area contributed by atoms with Crippen molar-refractivity contribution in [1.29, 1.82) is 0 Å². The van der Waals surface area contributed by atoms with Gasteiger partial charge in [0.25, 0.3) is 5.91 Å². The molecule has 2 amide bonds. The summed E-state index contributed by atoms with van der Waals surface area (Å²) in [6.07, 6.45) is 4.07. The lowest BCUT2D eigenvalue weighted by Crippen LogP contribution is -2.55. The Morgan fingerprint density at radius 3 is 2.25 bits per heavy atom. The summed E-state index contributed by atoms with van der Waals surface area (Å²) in [4.78, 5) is 31.4. The van der Waals surface area contributed by atoms with Crippen LogP contribution in [0, 0.1) is 0 Å². The summed E-state index contributed by atoms with van der Waals surface area (Å²) in [5.74, 6) is 1.49. The first-order valence-corrected chi connectivity index (χ1v) is 10.4. The molecule has 0 radical (unpaired) electrons. The molecule has 1 atom stereocenters. The van der Waals surface area contributed by atoms with Crippen molar-refractivity contribution in [2.75, 3.05) is 52.4 Å². The van der Waals surface area contributed by atoms with E-state index in [0.717, 1.165) is 39.0 Å². The number of rotatable bonds is 3. The Labute approximate surface area is 166 Å². The number of hydrogen-bond donors (Lipinski definition) is 0. The van der Waals surface area contributed by atoms with Crippen LogP contribution in [-0.2, 0) is 9.59 Å². The molecule has 2 saturated heterocycles. The highest BCUT2D eigenvalue weighted by atomic mass is 16.6. The zero-order valence-corrected chi connectivity index (χ0v) is 16.3. The Morgan fingerprint density at radius 2 is 1.54 bits per heavy atom. The number of likely N-dealkylation sites (tertiary alicyclic amines) is 1. The molecule has 1 aromatic rings. The third-order valence-corrected chi connectivity index (χ3v) is 5.79. The van der Waals surface area contributed by atoms with E-state index in [2.05, 4.69) is 4.90 Å². The number of ether oxygens (including phenoxy) is 2. The Bertz CT molecular complexity index is 695. The number of fused-ring (bicyclic) bond motifs is 1. The molecule has 3 heterocycles. The number of amides is 2. The van der Waals surface area contributed by atoms with Crippen LogP contribution in [0.3, 0.4) is 0 Å². The molecule has 152 valence electrons. The average molecular weight is 387 g/mol. The number of nitrogens with zero attached hydrogens (tertiary/aromatic N) is 3. The minimum atomic E-state index is -0.597. The number of carbonyl (C=O) groups excluding carboxylic acids is 2. The highest BCUT2D eigenvalue weighted by molar-refractivity contribution is 5.82. The van der Waals surface area contributed by atoms with Gasteiger partial charge in [0, 0.05) is 39.3 Å². The van der Waals surface area contributed by atoms with Gasteiger partial charge < -0.3 is 19.3 Å². The van der Waals surface area contributed by atoms with Crippen molar-refractivity contribution in [2.45, 2.75) is 31.8 Å². The van der Waals surface area contributed by atoms with Crippen LogP contribution in [0.1, 0.15) is 25.7 Å². The summed E-state index contributed by atoms with van der Waals surface area (Å²) in [7, 11) is 0. The van der Waals surface area contributed by atoms with Gasteiger partial charge in [-0.05, 0) is 25.0 Å². The van der Waals surface area contributed by atoms with Crippen LogP contribution >= 0.6 is 0 Å². The molecule has 28 heavy (non-hydrogen) atoms. The highest BCUT2D eigenvalue weighted by Crippen LogP contribution is 2.31. The van der Waals surface area contributed by atoms with Gasteiger partial charge in [-0.15, -0.1) is 0 Å². The maximum Gasteiger partial charge on any atom is 0.267 e. The summed E-state index contributed by atoms with van der Waals surface area (Å²) >= 11 is 0. The van der Waals surface area contributed by atoms with Gasteiger partial charge in [0.2, 0.25) is 12.0 Å². The van der Waals surface area contributed by atoms with Crippen molar-refractivity contribution in [3.63, 3.8) is 0 Å². The quantitative estimate of drug-likeness (QED) is 0.784. The van der Waals surface area contributed by atoms with E-state index in [4.69, 9.17) is 9.47 Å². The SMILES string of the molecule is O=C(CN1CCN(C(=O)C2COc3ccccc3O2)CC1)N1CCCCCC1. The smallest absolute Gasteiger partial charge is 0.267 e. The summed E-state index contributed by atoms with van der Waals surface area (Å²) in [5, 5.41) is 0. The second-order valence-corrected chi connectivity index (χ2v) is 7.76. The van der Waals surface area contributed by atoms with Gasteiger partial charge >= 0.3 is 0 Å². The van der Waals surface area contributed by atoms with E-state index in [1.54, 1.807) is 0 Å². The molecular weight excluding hydrogens is 358 g/mol. The maximum absolute atomic E-state index is 12.8. The van der Waals surface area contributed by atoms with Crippen LogP contribution in [0.15, 0.2) is 24.3 Å². The molecule has 7 nitrogen and oxygen atoms in total. The number of para-hydroxylation sites is 2. The molecular formula is C21H29N3O4. The van der Waals surface area contributed by atoms with Crippen molar-refractivity contribution in [3.05, 3.63) is 24.3 Å². The van der Waals surface area contributed by atoms with E-state index in [0.29, 0.717) is 31.1 Å². The molecule has 3 aliphatic heterocycles. The fourth-order valence-corrected chi connectivity index (χ4v) is 4.08. The predicted molar refractivity (Wildman–Crippen MR) is 104 cm³/mol. The molecule has 0 aromatic heterocycles. The van der Waals surface area contributed by atoms with Gasteiger partial charge in [0.15, 0.2) is 11.5 Å².